The first-order valence-corrected chi connectivity index (χ1v) is 6.36. The zero-order valence-corrected chi connectivity index (χ0v) is 11.8. The molecule has 0 saturated heterocycles. The van der Waals surface area contributed by atoms with E-state index in [1.807, 2.05) is 13.0 Å². The number of hydrogen-bond acceptors (Lipinski definition) is 2. The fraction of sp³-hybridized carbons (Fsp3) is 0.200. The van der Waals surface area contributed by atoms with Gasteiger partial charge in [0.05, 0.1) is 18.2 Å². The van der Waals surface area contributed by atoms with Crippen LogP contribution < -0.4 is 10.5 Å². The fourth-order valence-corrected chi connectivity index (χ4v) is 2.19. The summed E-state index contributed by atoms with van der Waals surface area (Å²) in [4.78, 5) is 0. The highest BCUT2D eigenvalue weighted by molar-refractivity contribution is 6.30. The average molecular weight is 298 g/mol. The second-order valence-corrected chi connectivity index (χ2v) is 4.92. The van der Waals surface area contributed by atoms with Crippen LogP contribution in [0.25, 0.3) is 0 Å². The van der Waals surface area contributed by atoms with Gasteiger partial charge in [-0.25, -0.2) is 8.78 Å². The van der Waals surface area contributed by atoms with Crippen LogP contribution in [0.2, 0.25) is 5.02 Å². The number of halogens is 3. The summed E-state index contributed by atoms with van der Waals surface area (Å²) in [5.41, 5.74) is 7.63. The predicted octanol–water partition coefficient (Wildman–Crippen LogP) is 3.98. The minimum absolute atomic E-state index is 0.0378. The number of methoxy groups -OCH3 is 1. The van der Waals surface area contributed by atoms with E-state index in [2.05, 4.69) is 0 Å². The van der Waals surface area contributed by atoms with E-state index >= 15 is 0 Å². The Hall–Kier alpha value is -1.65. The molecule has 0 fully saturated rings. The second-order valence-electron chi connectivity index (χ2n) is 4.51. The zero-order valence-electron chi connectivity index (χ0n) is 11.1. The molecule has 1 unspecified atom stereocenters. The van der Waals surface area contributed by atoms with E-state index in [9.17, 15) is 8.78 Å². The molecule has 0 heterocycles. The lowest BCUT2D eigenvalue weighted by molar-refractivity contribution is 0.407. The summed E-state index contributed by atoms with van der Waals surface area (Å²) in [6, 6.07) is 6.49. The van der Waals surface area contributed by atoms with E-state index in [0.29, 0.717) is 11.3 Å². The Morgan fingerprint density at radius 3 is 2.45 bits per heavy atom. The highest BCUT2D eigenvalue weighted by atomic mass is 35.5. The maximum atomic E-state index is 13.9. The van der Waals surface area contributed by atoms with Crippen molar-refractivity contribution in [3.05, 3.63) is 63.7 Å². The van der Waals surface area contributed by atoms with Gasteiger partial charge in [0.1, 0.15) is 17.4 Å². The van der Waals surface area contributed by atoms with E-state index in [0.717, 1.165) is 17.7 Å². The van der Waals surface area contributed by atoms with Gasteiger partial charge in [0.15, 0.2) is 0 Å². The van der Waals surface area contributed by atoms with Gasteiger partial charge in [-0.1, -0.05) is 29.3 Å². The Labute approximate surface area is 121 Å². The quantitative estimate of drug-likeness (QED) is 0.870. The maximum absolute atomic E-state index is 13.9. The van der Waals surface area contributed by atoms with E-state index < -0.39 is 17.7 Å². The molecule has 0 saturated carbocycles. The highest BCUT2D eigenvalue weighted by Crippen LogP contribution is 2.32. The molecule has 2 aromatic carbocycles. The molecule has 0 bridgehead atoms. The van der Waals surface area contributed by atoms with Crippen LogP contribution in [0.15, 0.2) is 30.3 Å². The van der Waals surface area contributed by atoms with Crippen molar-refractivity contribution >= 4 is 11.6 Å². The Bertz CT molecular complexity index is 646. The lowest BCUT2D eigenvalue weighted by atomic mass is 9.96. The van der Waals surface area contributed by atoms with Crippen LogP contribution in [0.5, 0.6) is 5.75 Å². The molecule has 0 amide bonds. The molecule has 0 aliphatic carbocycles. The Morgan fingerprint density at radius 2 is 1.80 bits per heavy atom. The van der Waals surface area contributed by atoms with E-state index in [4.69, 9.17) is 22.1 Å². The van der Waals surface area contributed by atoms with Gasteiger partial charge in [-0.15, -0.1) is 0 Å². The van der Waals surface area contributed by atoms with Crippen molar-refractivity contribution < 1.29 is 13.5 Å². The number of aryl methyl sites for hydroxylation is 1. The van der Waals surface area contributed by atoms with Crippen LogP contribution in [0, 0.1) is 18.6 Å². The Morgan fingerprint density at radius 1 is 1.10 bits per heavy atom. The first kappa shape index (κ1) is 14.8. The average Bonchev–Trinajstić information content (AvgIpc) is 2.42. The van der Waals surface area contributed by atoms with Gasteiger partial charge in [-0.3, -0.25) is 0 Å². The summed E-state index contributed by atoms with van der Waals surface area (Å²) < 4.78 is 32.7. The number of rotatable bonds is 3. The summed E-state index contributed by atoms with van der Waals surface area (Å²) in [6.45, 7) is 1.88. The lowest BCUT2D eigenvalue weighted by Gasteiger charge is -2.18. The van der Waals surface area contributed by atoms with Gasteiger partial charge < -0.3 is 10.5 Å². The first-order chi connectivity index (χ1) is 9.43. The summed E-state index contributed by atoms with van der Waals surface area (Å²) in [7, 11) is 1.50. The van der Waals surface area contributed by atoms with Gasteiger partial charge in [0.25, 0.3) is 0 Å². The zero-order chi connectivity index (χ0) is 14.9. The summed E-state index contributed by atoms with van der Waals surface area (Å²) in [5.74, 6) is -0.824. The molecule has 1 atom stereocenters. The summed E-state index contributed by atoms with van der Waals surface area (Å²) >= 11 is 5.54. The van der Waals surface area contributed by atoms with Crippen LogP contribution in [0.3, 0.4) is 0 Å². The molecular weight excluding hydrogens is 284 g/mol. The Kier molecular flexibility index (Phi) is 4.26. The van der Waals surface area contributed by atoms with Crippen molar-refractivity contribution in [2.75, 3.05) is 7.11 Å². The van der Waals surface area contributed by atoms with Gasteiger partial charge in [0, 0.05) is 11.1 Å². The molecule has 20 heavy (non-hydrogen) atoms. The molecule has 0 aliphatic rings. The Balaban J connectivity index is 2.54. The summed E-state index contributed by atoms with van der Waals surface area (Å²) in [5, 5.41) is -0.269. The van der Waals surface area contributed by atoms with Gasteiger partial charge in [-0.05, 0) is 25.1 Å². The molecule has 0 aliphatic heterocycles. The van der Waals surface area contributed by atoms with Crippen molar-refractivity contribution in [1.82, 2.24) is 0 Å². The maximum Gasteiger partial charge on any atom is 0.142 e. The predicted molar refractivity (Wildman–Crippen MR) is 75.1 cm³/mol. The topological polar surface area (TPSA) is 35.2 Å². The molecule has 5 heteroatoms. The smallest absolute Gasteiger partial charge is 0.142 e. The molecular formula is C15H14ClF2NO. The normalized spacial score (nSPS) is 12.3. The van der Waals surface area contributed by atoms with Crippen molar-refractivity contribution in [3.63, 3.8) is 0 Å². The van der Waals surface area contributed by atoms with Gasteiger partial charge in [-0.2, -0.15) is 0 Å². The fourth-order valence-electron chi connectivity index (χ4n) is 2.04. The van der Waals surface area contributed by atoms with Crippen molar-refractivity contribution in [3.8, 4) is 5.75 Å². The third-order valence-electron chi connectivity index (χ3n) is 3.09. The minimum atomic E-state index is -0.836. The molecule has 0 spiro atoms. The molecule has 2 N–H and O–H groups in total. The SMILES string of the molecule is COc1ccc(C)cc1C(N)c1cc(F)c(Cl)cc1F. The van der Waals surface area contributed by atoms with E-state index in [-0.39, 0.29) is 10.6 Å². The van der Waals surface area contributed by atoms with E-state index in [1.165, 1.54) is 7.11 Å². The molecule has 2 nitrogen and oxygen atoms in total. The highest BCUT2D eigenvalue weighted by Gasteiger charge is 2.19. The monoisotopic (exact) mass is 297 g/mol. The van der Waals surface area contributed by atoms with Crippen LogP contribution in [0.1, 0.15) is 22.7 Å². The summed E-state index contributed by atoms with van der Waals surface area (Å²) in [6.07, 6.45) is 0. The second kappa shape index (κ2) is 5.77. The molecule has 2 aromatic rings. The molecule has 0 aromatic heterocycles. The van der Waals surface area contributed by atoms with Crippen LogP contribution in [-0.2, 0) is 0 Å². The van der Waals surface area contributed by atoms with Crippen LogP contribution >= 0.6 is 11.6 Å². The van der Waals surface area contributed by atoms with Crippen molar-refractivity contribution in [2.24, 2.45) is 5.73 Å². The molecule has 2 rings (SSSR count). The molecule has 0 radical (unpaired) electrons. The number of ether oxygens (including phenoxy) is 1. The lowest BCUT2D eigenvalue weighted by Crippen LogP contribution is -2.15. The van der Waals surface area contributed by atoms with Crippen LogP contribution in [0.4, 0.5) is 8.78 Å². The van der Waals surface area contributed by atoms with Crippen molar-refractivity contribution in [1.29, 1.82) is 0 Å². The third-order valence-corrected chi connectivity index (χ3v) is 3.38. The first-order valence-electron chi connectivity index (χ1n) is 5.98. The van der Waals surface area contributed by atoms with Gasteiger partial charge >= 0.3 is 0 Å². The minimum Gasteiger partial charge on any atom is -0.496 e. The number of hydrogen-bond donors (Lipinski definition) is 1. The molecule has 106 valence electrons. The number of benzene rings is 2. The standard InChI is InChI=1S/C15H14ClF2NO/c1-8-3-4-14(20-2)10(5-8)15(19)9-6-13(18)11(16)7-12(9)17/h3-7,15H,19H2,1-2H3. The third kappa shape index (κ3) is 2.76. The van der Waals surface area contributed by atoms with Crippen molar-refractivity contribution in [2.45, 2.75) is 13.0 Å². The van der Waals surface area contributed by atoms with Gasteiger partial charge in [0.2, 0.25) is 0 Å². The largest absolute Gasteiger partial charge is 0.496 e. The number of nitrogens with two attached hydrogens (primary N) is 1. The van der Waals surface area contributed by atoms with Crippen LogP contribution in [-0.4, -0.2) is 7.11 Å². The van der Waals surface area contributed by atoms with E-state index in [1.54, 1.807) is 12.1 Å².